The van der Waals surface area contributed by atoms with Gasteiger partial charge in [0.25, 0.3) is 5.91 Å². The number of amides is 1. The van der Waals surface area contributed by atoms with Gasteiger partial charge in [-0.3, -0.25) is 9.78 Å². The van der Waals surface area contributed by atoms with Crippen molar-refractivity contribution in [3.63, 3.8) is 0 Å². The van der Waals surface area contributed by atoms with Crippen LogP contribution in [0.4, 0.5) is 18.9 Å². The summed E-state index contributed by atoms with van der Waals surface area (Å²) in [6.07, 6.45) is -1.93. The highest BCUT2D eigenvalue weighted by Crippen LogP contribution is 2.28. The Balaban J connectivity index is 1.80. The lowest BCUT2D eigenvalue weighted by Crippen LogP contribution is -2.13. The molecule has 1 aromatic carbocycles. The number of alkyl halides is 3. The zero-order valence-corrected chi connectivity index (χ0v) is 13.5. The van der Waals surface area contributed by atoms with Gasteiger partial charge in [-0.1, -0.05) is 6.07 Å². The number of benzene rings is 1. The fourth-order valence-electron chi connectivity index (χ4n) is 2.07. The highest BCUT2D eigenvalue weighted by atomic mass is 79.9. The van der Waals surface area contributed by atoms with Gasteiger partial charge in [0.2, 0.25) is 0 Å². The maximum atomic E-state index is 12.5. The monoisotopic (exact) mass is 395 g/mol. The number of hydrogen-bond donors (Lipinski definition) is 1. The van der Waals surface area contributed by atoms with Gasteiger partial charge in [-0.25, -0.2) is 4.98 Å². The number of hydrogen-bond acceptors (Lipinski definition) is 3. The first-order valence-electron chi connectivity index (χ1n) is 6.73. The average Bonchev–Trinajstić information content (AvgIpc) is 2.54. The van der Waals surface area contributed by atoms with E-state index in [0.29, 0.717) is 11.1 Å². The van der Waals surface area contributed by atoms with E-state index in [-0.39, 0.29) is 5.69 Å². The molecule has 2 aromatic heterocycles. The molecule has 24 heavy (non-hydrogen) atoms. The second-order valence-corrected chi connectivity index (χ2v) is 5.86. The normalized spacial score (nSPS) is 11.5. The van der Waals surface area contributed by atoms with Crippen LogP contribution in [0.25, 0.3) is 10.9 Å². The number of anilines is 1. The minimum absolute atomic E-state index is 0.178. The zero-order chi connectivity index (χ0) is 17.3. The molecule has 3 aromatic rings. The van der Waals surface area contributed by atoms with Crippen LogP contribution < -0.4 is 5.32 Å². The fraction of sp³-hybridized carbons (Fsp3) is 0.0625. The van der Waals surface area contributed by atoms with Gasteiger partial charge in [-0.15, -0.1) is 0 Å². The topological polar surface area (TPSA) is 54.9 Å². The third kappa shape index (κ3) is 3.53. The summed E-state index contributed by atoms with van der Waals surface area (Å²) in [5.74, 6) is -0.455. The average molecular weight is 396 g/mol. The number of pyridine rings is 2. The molecule has 0 fully saturated rings. The van der Waals surface area contributed by atoms with Crippen molar-refractivity contribution in [2.75, 3.05) is 5.32 Å². The van der Waals surface area contributed by atoms with Crippen LogP contribution in [0.5, 0.6) is 0 Å². The van der Waals surface area contributed by atoms with Gasteiger partial charge in [0.15, 0.2) is 0 Å². The Hall–Kier alpha value is -2.48. The molecule has 0 aliphatic heterocycles. The second kappa shape index (κ2) is 6.20. The third-order valence-corrected chi connectivity index (χ3v) is 3.66. The number of carbonyl (C=O) groups excluding carboxylic acids is 1. The molecule has 0 saturated heterocycles. The Labute approximate surface area is 142 Å². The van der Waals surface area contributed by atoms with Crippen LogP contribution in [0.15, 0.2) is 53.3 Å². The maximum absolute atomic E-state index is 12.5. The molecule has 3 rings (SSSR count). The molecular formula is C16H9BrF3N3O. The van der Waals surface area contributed by atoms with E-state index in [2.05, 4.69) is 31.2 Å². The third-order valence-electron chi connectivity index (χ3n) is 3.22. The molecule has 0 aliphatic carbocycles. The first-order chi connectivity index (χ1) is 11.3. The molecule has 2 heterocycles. The summed E-state index contributed by atoms with van der Waals surface area (Å²) in [5.41, 5.74) is 0.145. The van der Waals surface area contributed by atoms with Gasteiger partial charge in [-0.05, 0) is 46.3 Å². The van der Waals surface area contributed by atoms with E-state index in [0.717, 1.165) is 28.2 Å². The second-order valence-electron chi connectivity index (χ2n) is 4.95. The smallest absolute Gasteiger partial charge is 0.321 e. The van der Waals surface area contributed by atoms with E-state index in [9.17, 15) is 18.0 Å². The van der Waals surface area contributed by atoms with Gasteiger partial charge in [0.05, 0.1) is 17.4 Å². The molecule has 0 radical (unpaired) electrons. The van der Waals surface area contributed by atoms with Crippen molar-refractivity contribution < 1.29 is 18.0 Å². The Bertz CT molecular complexity index is 911. The minimum atomic E-state index is -4.51. The first kappa shape index (κ1) is 16.4. The summed E-state index contributed by atoms with van der Waals surface area (Å²) >= 11 is 3.32. The fourth-order valence-corrected chi connectivity index (χ4v) is 2.42. The first-order valence-corrected chi connectivity index (χ1v) is 7.52. The Kier molecular flexibility index (Phi) is 4.23. The van der Waals surface area contributed by atoms with Gasteiger partial charge in [0.1, 0.15) is 5.69 Å². The molecule has 0 bridgehead atoms. The lowest BCUT2D eigenvalue weighted by Gasteiger charge is -2.08. The molecule has 8 heteroatoms. The molecule has 0 spiro atoms. The van der Waals surface area contributed by atoms with Crippen molar-refractivity contribution in [2.45, 2.75) is 6.18 Å². The van der Waals surface area contributed by atoms with E-state index in [1.165, 1.54) is 0 Å². The van der Waals surface area contributed by atoms with Crippen molar-refractivity contribution in [3.8, 4) is 0 Å². The summed E-state index contributed by atoms with van der Waals surface area (Å²) in [5, 5.41) is 3.37. The lowest BCUT2D eigenvalue weighted by atomic mass is 10.1. The van der Waals surface area contributed by atoms with Gasteiger partial charge in [-0.2, -0.15) is 13.2 Å². The number of fused-ring (bicyclic) bond motifs is 1. The summed E-state index contributed by atoms with van der Waals surface area (Å²) < 4.78 is 38.2. The zero-order valence-electron chi connectivity index (χ0n) is 11.9. The SMILES string of the molecule is O=C(Nc1ccc(C(F)(F)F)nc1)c1ccc2cc(Br)cnc2c1. The summed E-state index contributed by atoms with van der Waals surface area (Å²) in [7, 11) is 0. The van der Waals surface area contributed by atoms with Crippen LogP contribution in [0, 0.1) is 0 Å². The minimum Gasteiger partial charge on any atom is -0.321 e. The molecule has 0 aliphatic rings. The number of nitrogens with one attached hydrogen (secondary N) is 1. The highest BCUT2D eigenvalue weighted by Gasteiger charge is 2.32. The van der Waals surface area contributed by atoms with Crippen LogP contribution in [0.2, 0.25) is 0 Å². The number of halogens is 4. The lowest BCUT2D eigenvalue weighted by molar-refractivity contribution is -0.141. The van der Waals surface area contributed by atoms with Crippen LogP contribution >= 0.6 is 15.9 Å². The van der Waals surface area contributed by atoms with Crippen molar-refractivity contribution in [3.05, 3.63) is 64.5 Å². The Morgan fingerprint density at radius 3 is 2.50 bits per heavy atom. The van der Waals surface area contributed by atoms with Crippen molar-refractivity contribution in [2.24, 2.45) is 0 Å². The molecule has 122 valence electrons. The maximum Gasteiger partial charge on any atom is 0.433 e. The van der Waals surface area contributed by atoms with Crippen LogP contribution in [0.1, 0.15) is 16.1 Å². The van der Waals surface area contributed by atoms with Crippen LogP contribution in [0.3, 0.4) is 0 Å². The highest BCUT2D eigenvalue weighted by molar-refractivity contribution is 9.10. The number of rotatable bonds is 2. The largest absolute Gasteiger partial charge is 0.433 e. The standard InChI is InChI=1S/C16H9BrF3N3O/c17-11-5-9-1-2-10(6-13(9)21-7-11)15(24)23-12-3-4-14(22-8-12)16(18,19)20/h1-8H,(H,23,24). The van der Waals surface area contributed by atoms with Gasteiger partial charge in [0, 0.05) is 21.6 Å². The summed E-state index contributed by atoms with van der Waals surface area (Å²) in [6.45, 7) is 0. The number of carbonyl (C=O) groups is 1. The van der Waals surface area contributed by atoms with Gasteiger partial charge < -0.3 is 5.32 Å². The van der Waals surface area contributed by atoms with Gasteiger partial charge >= 0.3 is 6.18 Å². The summed E-state index contributed by atoms with van der Waals surface area (Å²) in [6, 6.07) is 8.80. The molecule has 0 atom stereocenters. The van der Waals surface area contributed by atoms with Crippen molar-refractivity contribution >= 4 is 38.4 Å². The van der Waals surface area contributed by atoms with E-state index in [1.54, 1.807) is 24.4 Å². The van der Waals surface area contributed by atoms with Crippen molar-refractivity contribution in [1.29, 1.82) is 0 Å². The Morgan fingerprint density at radius 2 is 1.83 bits per heavy atom. The predicted molar refractivity (Wildman–Crippen MR) is 86.6 cm³/mol. The Morgan fingerprint density at radius 1 is 1.04 bits per heavy atom. The molecule has 1 N–H and O–H groups in total. The quantitative estimate of drug-likeness (QED) is 0.686. The van der Waals surface area contributed by atoms with Crippen LogP contribution in [-0.4, -0.2) is 15.9 Å². The number of aromatic nitrogens is 2. The molecule has 0 unspecified atom stereocenters. The van der Waals surface area contributed by atoms with E-state index < -0.39 is 17.8 Å². The molecular weight excluding hydrogens is 387 g/mol. The molecule has 4 nitrogen and oxygen atoms in total. The van der Waals surface area contributed by atoms with E-state index in [4.69, 9.17) is 0 Å². The van der Waals surface area contributed by atoms with Crippen LogP contribution in [-0.2, 0) is 6.18 Å². The van der Waals surface area contributed by atoms with Crippen molar-refractivity contribution in [1.82, 2.24) is 9.97 Å². The summed E-state index contributed by atoms with van der Waals surface area (Å²) in [4.78, 5) is 19.7. The predicted octanol–water partition coefficient (Wildman–Crippen LogP) is 4.66. The molecule has 0 saturated carbocycles. The van der Waals surface area contributed by atoms with E-state index in [1.807, 2.05) is 6.07 Å². The number of nitrogens with zero attached hydrogens (tertiary/aromatic N) is 2. The molecule has 1 amide bonds. The van der Waals surface area contributed by atoms with E-state index >= 15 is 0 Å².